The van der Waals surface area contributed by atoms with Crippen molar-refractivity contribution in [1.29, 1.82) is 0 Å². The van der Waals surface area contributed by atoms with Crippen LogP contribution in [0, 0.1) is 5.92 Å². The maximum absolute atomic E-state index is 12.4. The van der Waals surface area contributed by atoms with Crippen molar-refractivity contribution < 1.29 is 13.5 Å². The third-order valence-electron chi connectivity index (χ3n) is 2.92. The van der Waals surface area contributed by atoms with Crippen LogP contribution < -0.4 is 4.72 Å². The molecular formula is C12H18ClN3O3S2. The summed E-state index contributed by atoms with van der Waals surface area (Å²) >= 11 is 7.22. The Kier molecular flexibility index (Phi) is 4.65. The van der Waals surface area contributed by atoms with Crippen LogP contribution in [0.5, 0.6) is 0 Å². The maximum atomic E-state index is 12.4. The molecule has 2 rings (SSSR count). The van der Waals surface area contributed by atoms with Gasteiger partial charge in [0.2, 0.25) is 0 Å². The van der Waals surface area contributed by atoms with E-state index in [-0.39, 0.29) is 22.6 Å². The average molecular weight is 352 g/mol. The summed E-state index contributed by atoms with van der Waals surface area (Å²) in [6.07, 6.45) is 2.09. The third kappa shape index (κ3) is 3.75. The van der Waals surface area contributed by atoms with Crippen LogP contribution in [0.1, 0.15) is 27.2 Å². The van der Waals surface area contributed by atoms with Crippen LogP contribution in [-0.4, -0.2) is 35.1 Å². The first-order valence-corrected chi connectivity index (χ1v) is 9.19. The molecule has 0 bridgehead atoms. The standard InChI is InChI=1S/C12H18ClN3O3S2/c1-8(2)6-12(3,17)7-14-21(18,19)10-9(13)15-11-16(10)4-5-20-11/h4-5,8,14,17H,6-7H2,1-3H3. The quantitative estimate of drug-likeness (QED) is 0.835. The van der Waals surface area contributed by atoms with E-state index < -0.39 is 15.6 Å². The van der Waals surface area contributed by atoms with Crippen molar-refractivity contribution in [2.75, 3.05) is 6.54 Å². The fraction of sp³-hybridized carbons (Fsp3) is 0.583. The van der Waals surface area contributed by atoms with E-state index in [0.717, 1.165) is 0 Å². The van der Waals surface area contributed by atoms with Crippen LogP contribution in [0.2, 0.25) is 5.15 Å². The van der Waals surface area contributed by atoms with Crippen LogP contribution in [0.15, 0.2) is 16.6 Å². The van der Waals surface area contributed by atoms with Crippen molar-refractivity contribution in [3.05, 3.63) is 16.7 Å². The fourth-order valence-electron chi connectivity index (χ4n) is 2.25. The SMILES string of the molecule is CC(C)CC(C)(O)CNS(=O)(=O)c1c(Cl)nc2sccn12. The second-order valence-corrected chi connectivity index (χ2v) is 8.60. The maximum Gasteiger partial charge on any atom is 0.259 e. The highest BCUT2D eigenvalue weighted by Gasteiger charge is 2.29. The van der Waals surface area contributed by atoms with Crippen molar-refractivity contribution >= 4 is 37.9 Å². The van der Waals surface area contributed by atoms with Crippen molar-refractivity contribution in [3.63, 3.8) is 0 Å². The Hall–Kier alpha value is -0.670. The first-order valence-electron chi connectivity index (χ1n) is 6.45. The summed E-state index contributed by atoms with van der Waals surface area (Å²) in [5, 5.41) is 11.8. The number of hydrogen-bond donors (Lipinski definition) is 2. The number of halogens is 1. The number of thiazole rings is 1. The minimum Gasteiger partial charge on any atom is -0.389 e. The van der Waals surface area contributed by atoms with Crippen molar-refractivity contribution in [2.45, 2.75) is 37.8 Å². The highest BCUT2D eigenvalue weighted by molar-refractivity contribution is 7.89. The smallest absolute Gasteiger partial charge is 0.259 e. The van der Waals surface area contributed by atoms with Gasteiger partial charge in [0.05, 0.1) is 5.60 Å². The molecule has 0 saturated heterocycles. The molecule has 21 heavy (non-hydrogen) atoms. The van der Waals surface area contributed by atoms with Crippen molar-refractivity contribution in [2.24, 2.45) is 5.92 Å². The van der Waals surface area contributed by atoms with Gasteiger partial charge in [-0.3, -0.25) is 4.40 Å². The lowest BCUT2D eigenvalue weighted by Crippen LogP contribution is -2.41. The Labute approximate surface area is 132 Å². The van der Waals surface area contributed by atoms with E-state index in [4.69, 9.17) is 11.6 Å². The largest absolute Gasteiger partial charge is 0.389 e. The highest BCUT2D eigenvalue weighted by Crippen LogP contribution is 2.25. The molecule has 2 aromatic heterocycles. The minimum absolute atomic E-state index is 0.0714. The molecule has 9 heteroatoms. The lowest BCUT2D eigenvalue weighted by atomic mass is 9.95. The summed E-state index contributed by atoms with van der Waals surface area (Å²) in [4.78, 5) is 4.51. The Bertz CT molecular complexity index is 734. The summed E-state index contributed by atoms with van der Waals surface area (Å²) in [6.45, 7) is 5.45. The first-order chi connectivity index (χ1) is 9.62. The zero-order valence-corrected chi connectivity index (χ0v) is 14.4. The molecule has 0 aromatic carbocycles. The molecule has 0 amide bonds. The average Bonchev–Trinajstić information content (AvgIpc) is 2.84. The van der Waals surface area contributed by atoms with Crippen molar-refractivity contribution in [3.8, 4) is 0 Å². The van der Waals surface area contributed by atoms with Gasteiger partial charge in [-0.1, -0.05) is 25.4 Å². The molecule has 2 heterocycles. The third-order valence-corrected chi connectivity index (χ3v) is 5.48. The summed E-state index contributed by atoms with van der Waals surface area (Å²) < 4.78 is 28.6. The number of hydrogen-bond acceptors (Lipinski definition) is 5. The van der Waals surface area contributed by atoms with Crippen LogP contribution in [0.25, 0.3) is 4.96 Å². The Morgan fingerprint density at radius 3 is 2.86 bits per heavy atom. The van der Waals surface area contributed by atoms with Gasteiger partial charge in [-0.2, -0.15) is 0 Å². The molecule has 118 valence electrons. The predicted octanol–water partition coefficient (Wildman–Crippen LogP) is 2.12. The van der Waals surface area contributed by atoms with Crippen LogP contribution in [0.3, 0.4) is 0 Å². The summed E-state index contributed by atoms with van der Waals surface area (Å²) in [7, 11) is -3.85. The lowest BCUT2D eigenvalue weighted by molar-refractivity contribution is 0.0436. The lowest BCUT2D eigenvalue weighted by Gasteiger charge is -2.25. The van der Waals surface area contributed by atoms with E-state index in [1.165, 1.54) is 15.7 Å². The Morgan fingerprint density at radius 1 is 1.57 bits per heavy atom. The number of fused-ring (bicyclic) bond motifs is 1. The predicted molar refractivity (Wildman–Crippen MR) is 83.3 cm³/mol. The molecule has 0 saturated carbocycles. The molecule has 0 spiro atoms. The van der Waals surface area contributed by atoms with Gasteiger partial charge in [-0.05, 0) is 19.3 Å². The Balaban J connectivity index is 2.23. The van der Waals surface area contributed by atoms with Gasteiger partial charge < -0.3 is 5.11 Å². The molecular weight excluding hydrogens is 334 g/mol. The number of imidazole rings is 1. The van der Waals surface area contributed by atoms with E-state index in [9.17, 15) is 13.5 Å². The van der Waals surface area contributed by atoms with Crippen LogP contribution in [0.4, 0.5) is 0 Å². The van der Waals surface area contributed by atoms with E-state index in [0.29, 0.717) is 11.4 Å². The topological polar surface area (TPSA) is 83.7 Å². The fourth-order valence-corrected chi connectivity index (χ4v) is 4.86. The van der Waals surface area contributed by atoms with Crippen molar-refractivity contribution in [1.82, 2.24) is 14.1 Å². The molecule has 6 nitrogen and oxygen atoms in total. The van der Waals surface area contributed by atoms with Crippen LogP contribution >= 0.6 is 22.9 Å². The molecule has 0 aliphatic rings. The van der Waals surface area contributed by atoms with E-state index >= 15 is 0 Å². The number of rotatable bonds is 6. The minimum atomic E-state index is -3.85. The number of nitrogens with zero attached hydrogens (tertiary/aromatic N) is 2. The first kappa shape index (κ1) is 16.7. The molecule has 0 aliphatic carbocycles. The second kappa shape index (κ2) is 5.85. The number of sulfonamides is 1. The van der Waals surface area contributed by atoms with Gasteiger partial charge >= 0.3 is 0 Å². The molecule has 0 radical (unpaired) electrons. The summed E-state index contributed by atoms with van der Waals surface area (Å²) in [6, 6.07) is 0. The van der Waals surface area contributed by atoms with Gasteiger partial charge in [0.1, 0.15) is 0 Å². The Morgan fingerprint density at radius 2 is 2.24 bits per heavy atom. The number of aromatic nitrogens is 2. The zero-order chi connectivity index (χ0) is 15.8. The van der Waals surface area contributed by atoms with Gasteiger partial charge in [0, 0.05) is 18.1 Å². The van der Waals surface area contributed by atoms with E-state index in [2.05, 4.69) is 9.71 Å². The molecule has 2 aromatic rings. The second-order valence-electron chi connectivity index (χ2n) is 5.68. The van der Waals surface area contributed by atoms with Gasteiger partial charge in [0.15, 0.2) is 15.1 Å². The van der Waals surface area contributed by atoms with E-state index in [1.54, 1.807) is 18.5 Å². The summed E-state index contributed by atoms with van der Waals surface area (Å²) in [5.74, 6) is 0.256. The van der Waals surface area contributed by atoms with Gasteiger partial charge in [0.25, 0.3) is 10.0 Å². The highest BCUT2D eigenvalue weighted by atomic mass is 35.5. The van der Waals surface area contributed by atoms with Gasteiger partial charge in [-0.25, -0.2) is 18.1 Å². The molecule has 0 aliphatic heterocycles. The molecule has 0 fully saturated rings. The van der Waals surface area contributed by atoms with Gasteiger partial charge in [-0.15, -0.1) is 11.3 Å². The normalized spacial score (nSPS) is 15.7. The molecule has 1 unspecified atom stereocenters. The molecule has 2 N–H and O–H groups in total. The molecule has 1 atom stereocenters. The van der Waals surface area contributed by atoms with Crippen LogP contribution in [-0.2, 0) is 10.0 Å². The monoisotopic (exact) mass is 351 g/mol. The van der Waals surface area contributed by atoms with E-state index in [1.807, 2.05) is 13.8 Å². The number of aliphatic hydroxyl groups is 1. The summed E-state index contributed by atoms with van der Waals surface area (Å²) in [5.41, 5.74) is -1.12. The zero-order valence-electron chi connectivity index (χ0n) is 12.0. The number of nitrogens with one attached hydrogen (secondary N) is 1.